The number of hydrogen-bond donors (Lipinski definition) is 2. The number of anilines is 1. The molecule has 0 heterocycles. The highest BCUT2D eigenvalue weighted by Gasteiger charge is 2.13. The second-order valence-corrected chi connectivity index (χ2v) is 9.62. The minimum absolute atomic E-state index is 0.141. The largest absolute Gasteiger partial charge is 0.385 e. The van der Waals surface area contributed by atoms with Gasteiger partial charge in [0.2, 0.25) is 15.9 Å². The topological polar surface area (TPSA) is 84.5 Å². The minimum atomic E-state index is -3.58. The van der Waals surface area contributed by atoms with Crippen LogP contribution in [0, 0.1) is 0 Å². The summed E-state index contributed by atoms with van der Waals surface area (Å²) in [6.07, 6.45) is 0.587. The molecule has 0 aromatic heterocycles. The molecule has 10 heteroatoms. The number of rotatable bonds is 11. The van der Waals surface area contributed by atoms with E-state index in [0.717, 1.165) is 5.56 Å². The van der Waals surface area contributed by atoms with Gasteiger partial charge in [0.25, 0.3) is 0 Å². The number of sulfonamides is 1. The monoisotopic (exact) mass is 476 g/mol. The molecular formula is C19H22Cl2N2O4S2. The van der Waals surface area contributed by atoms with Gasteiger partial charge in [0.15, 0.2) is 0 Å². The van der Waals surface area contributed by atoms with Gasteiger partial charge in [0.1, 0.15) is 0 Å². The molecule has 0 saturated heterocycles. The fraction of sp³-hybridized carbons (Fsp3) is 0.316. The van der Waals surface area contributed by atoms with E-state index in [9.17, 15) is 13.2 Å². The van der Waals surface area contributed by atoms with Crippen LogP contribution >= 0.6 is 35.0 Å². The van der Waals surface area contributed by atoms with Crippen LogP contribution in [0.1, 0.15) is 12.0 Å². The Labute approximate surface area is 185 Å². The predicted molar refractivity (Wildman–Crippen MR) is 119 cm³/mol. The average Bonchev–Trinajstić information content (AvgIpc) is 2.68. The van der Waals surface area contributed by atoms with Gasteiger partial charge >= 0.3 is 0 Å². The molecular weight excluding hydrogens is 455 g/mol. The van der Waals surface area contributed by atoms with Crippen LogP contribution in [0.2, 0.25) is 10.0 Å². The standard InChI is InChI=1S/C19H22Cl2N2O4S2/c1-27-10-2-9-22-29(25,26)16-6-4-15(5-7-16)23-19(24)13-28-12-14-3-8-17(20)18(21)11-14/h3-8,11,22H,2,9-10,12-13H2,1H3,(H,23,24). The van der Waals surface area contributed by atoms with Crippen molar-refractivity contribution in [2.45, 2.75) is 17.1 Å². The first-order valence-corrected chi connectivity index (χ1v) is 12.1. The van der Waals surface area contributed by atoms with E-state index in [0.29, 0.717) is 41.1 Å². The molecule has 0 saturated carbocycles. The van der Waals surface area contributed by atoms with Gasteiger partial charge < -0.3 is 10.1 Å². The van der Waals surface area contributed by atoms with Crippen molar-refractivity contribution in [1.29, 1.82) is 0 Å². The summed E-state index contributed by atoms with van der Waals surface area (Å²) in [4.78, 5) is 12.2. The maximum Gasteiger partial charge on any atom is 0.240 e. The van der Waals surface area contributed by atoms with Crippen LogP contribution in [-0.2, 0) is 25.3 Å². The Kier molecular flexibility index (Phi) is 9.74. The van der Waals surface area contributed by atoms with E-state index >= 15 is 0 Å². The van der Waals surface area contributed by atoms with Gasteiger partial charge in [0, 0.05) is 31.7 Å². The van der Waals surface area contributed by atoms with E-state index in [4.69, 9.17) is 27.9 Å². The van der Waals surface area contributed by atoms with Crippen LogP contribution in [0.4, 0.5) is 5.69 Å². The summed E-state index contributed by atoms with van der Waals surface area (Å²) in [6.45, 7) is 0.779. The lowest BCUT2D eigenvalue weighted by molar-refractivity contribution is -0.113. The lowest BCUT2D eigenvalue weighted by Crippen LogP contribution is -2.25. The number of nitrogens with one attached hydrogen (secondary N) is 2. The first-order chi connectivity index (χ1) is 13.8. The number of methoxy groups -OCH3 is 1. The molecule has 0 fully saturated rings. The number of ether oxygens (including phenoxy) is 1. The van der Waals surface area contributed by atoms with E-state index in [1.54, 1.807) is 31.4 Å². The average molecular weight is 477 g/mol. The van der Waals surface area contributed by atoms with E-state index in [1.165, 1.54) is 23.9 Å². The summed E-state index contributed by atoms with van der Waals surface area (Å²) < 4.78 is 31.8. The third-order valence-corrected chi connectivity index (χ3v) is 6.97. The van der Waals surface area contributed by atoms with Gasteiger partial charge in [-0.15, -0.1) is 11.8 Å². The summed E-state index contributed by atoms with van der Waals surface area (Å²) in [6, 6.07) is 11.4. The van der Waals surface area contributed by atoms with Crippen molar-refractivity contribution in [3.8, 4) is 0 Å². The summed E-state index contributed by atoms with van der Waals surface area (Å²) >= 11 is 13.3. The third kappa shape index (κ3) is 8.16. The number of carbonyl (C=O) groups excluding carboxylic acids is 1. The molecule has 1 amide bonds. The van der Waals surface area contributed by atoms with Crippen molar-refractivity contribution in [3.05, 3.63) is 58.1 Å². The maximum atomic E-state index is 12.2. The highest BCUT2D eigenvalue weighted by atomic mass is 35.5. The molecule has 0 aliphatic heterocycles. The van der Waals surface area contributed by atoms with Crippen molar-refractivity contribution >= 4 is 56.6 Å². The van der Waals surface area contributed by atoms with Crippen molar-refractivity contribution < 1.29 is 17.9 Å². The van der Waals surface area contributed by atoms with Gasteiger partial charge in [-0.05, 0) is 48.4 Å². The summed E-state index contributed by atoms with van der Waals surface area (Å²) in [5.74, 6) is 0.695. The Morgan fingerprint density at radius 3 is 2.48 bits per heavy atom. The molecule has 29 heavy (non-hydrogen) atoms. The Hall–Kier alpha value is -1.29. The van der Waals surface area contributed by atoms with E-state index < -0.39 is 10.0 Å². The lowest BCUT2D eigenvalue weighted by atomic mass is 10.2. The van der Waals surface area contributed by atoms with Crippen LogP contribution in [0.5, 0.6) is 0 Å². The normalized spacial score (nSPS) is 11.4. The van der Waals surface area contributed by atoms with Crippen LogP contribution in [0.3, 0.4) is 0 Å². The molecule has 0 atom stereocenters. The SMILES string of the molecule is COCCCNS(=O)(=O)c1ccc(NC(=O)CSCc2ccc(Cl)c(Cl)c2)cc1. The van der Waals surface area contributed by atoms with Crippen LogP contribution in [0.25, 0.3) is 0 Å². The predicted octanol–water partition coefficient (Wildman–Crippen LogP) is 4.18. The molecule has 2 aromatic carbocycles. The summed E-state index contributed by atoms with van der Waals surface area (Å²) in [5, 5.41) is 3.73. The zero-order chi connectivity index (χ0) is 21.3. The molecule has 2 N–H and O–H groups in total. The minimum Gasteiger partial charge on any atom is -0.385 e. The van der Waals surface area contributed by atoms with Crippen molar-refractivity contribution in [1.82, 2.24) is 4.72 Å². The Morgan fingerprint density at radius 1 is 1.10 bits per heavy atom. The number of hydrogen-bond acceptors (Lipinski definition) is 5. The molecule has 0 aliphatic rings. The maximum absolute atomic E-state index is 12.2. The van der Waals surface area contributed by atoms with Crippen molar-refractivity contribution in [3.63, 3.8) is 0 Å². The smallest absolute Gasteiger partial charge is 0.240 e. The van der Waals surface area contributed by atoms with Crippen LogP contribution < -0.4 is 10.0 Å². The van der Waals surface area contributed by atoms with Crippen molar-refractivity contribution in [2.24, 2.45) is 0 Å². The molecule has 6 nitrogen and oxygen atoms in total. The van der Waals surface area contributed by atoms with E-state index in [1.807, 2.05) is 6.07 Å². The zero-order valence-electron chi connectivity index (χ0n) is 15.8. The van der Waals surface area contributed by atoms with E-state index in [-0.39, 0.29) is 16.6 Å². The van der Waals surface area contributed by atoms with Crippen LogP contribution in [0.15, 0.2) is 47.4 Å². The summed E-state index contributed by atoms with van der Waals surface area (Å²) in [5.41, 5.74) is 1.51. The molecule has 2 aromatic rings. The molecule has 0 radical (unpaired) electrons. The fourth-order valence-corrected chi connectivity index (χ4v) is 4.48. The van der Waals surface area contributed by atoms with Crippen molar-refractivity contribution in [2.75, 3.05) is 31.3 Å². The molecule has 0 unspecified atom stereocenters. The van der Waals surface area contributed by atoms with Gasteiger partial charge in [-0.3, -0.25) is 4.79 Å². The zero-order valence-corrected chi connectivity index (χ0v) is 18.9. The number of benzene rings is 2. The van der Waals surface area contributed by atoms with Crippen LogP contribution in [-0.4, -0.2) is 40.3 Å². The second-order valence-electron chi connectivity index (χ2n) is 6.06. The molecule has 2 rings (SSSR count). The fourth-order valence-electron chi connectivity index (χ4n) is 2.31. The quantitative estimate of drug-likeness (QED) is 0.475. The first kappa shape index (κ1) is 24.0. The molecule has 158 valence electrons. The second kappa shape index (κ2) is 11.8. The number of amides is 1. The number of thioether (sulfide) groups is 1. The number of halogens is 2. The Bertz CT molecular complexity index is 922. The van der Waals surface area contributed by atoms with Gasteiger partial charge in [0.05, 0.1) is 20.7 Å². The van der Waals surface area contributed by atoms with Gasteiger partial charge in [-0.1, -0.05) is 29.3 Å². The third-order valence-electron chi connectivity index (χ3n) is 3.75. The first-order valence-electron chi connectivity index (χ1n) is 8.72. The van der Waals surface area contributed by atoms with Gasteiger partial charge in [-0.2, -0.15) is 0 Å². The summed E-state index contributed by atoms with van der Waals surface area (Å²) in [7, 11) is -2.02. The highest BCUT2D eigenvalue weighted by molar-refractivity contribution is 7.99. The molecule has 0 bridgehead atoms. The molecule has 0 spiro atoms. The Balaban J connectivity index is 1.80. The number of carbonyl (C=O) groups is 1. The lowest BCUT2D eigenvalue weighted by Gasteiger charge is -2.09. The Morgan fingerprint density at radius 2 is 1.83 bits per heavy atom. The van der Waals surface area contributed by atoms with Gasteiger partial charge in [-0.25, -0.2) is 13.1 Å². The molecule has 0 aliphatic carbocycles. The highest BCUT2D eigenvalue weighted by Crippen LogP contribution is 2.24. The van der Waals surface area contributed by atoms with E-state index in [2.05, 4.69) is 10.0 Å².